The lowest BCUT2D eigenvalue weighted by Crippen LogP contribution is -1.99. The Morgan fingerprint density at radius 2 is 1.58 bits per heavy atom. The van der Waals surface area contributed by atoms with Gasteiger partial charge in [0.2, 0.25) is 0 Å². The maximum absolute atomic E-state index is 11.7. The molecule has 12 heavy (non-hydrogen) atoms. The lowest BCUT2D eigenvalue weighted by molar-refractivity contribution is -0.0790. The van der Waals surface area contributed by atoms with Crippen molar-refractivity contribution in [2.24, 2.45) is 0 Å². The molecule has 0 nitrogen and oxygen atoms in total. The molecule has 3 heteroatoms. The zero-order valence-electron chi connectivity index (χ0n) is 6.18. The Labute approximate surface area is 68.3 Å². The molecule has 0 radical (unpaired) electrons. The molecular formula is C9H7F3. The Morgan fingerprint density at radius 1 is 1.00 bits per heavy atom. The van der Waals surface area contributed by atoms with Crippen LogP contribution in [-0.4, -0.2) is 6.18 Å². The van der Waals surface area contributed by atoms with E-state index in [9.17, 15) is 13.2 Å². The minimum atomic E-state index is -4.23. The van der Waals surface area contributed by atoms with Crippen LogP contribution in [0.25, 0.3) is 6.08 Å². The largest absolute Gasteiger partial charge is 0.409 e. The van der Waals surface area contributed by atoms with Crippen molar-refractivity contribution in [1.29, 1.82) is 0 Å². The summed E-state index contributed by atoms with van der Waals surface area (Å²) in [6, 6.07) is 8.36. The molecule has 0 aliphatic heterocycles. The van der Waals surface area contributed by atoms with Crippen molar-refractivity contribution >= 4 is 6.08 Å². The van der Waals surface area contributed by atoms with Crippen molar-refractivity contribution in [2.45, 2.75) is 6.18 Å². The average Bonchev–Trinajstić information content (AvgIpc) is 2.02. The van der Waals surface area contributed by atoms with Crippen LogP contribution in [0.5, 0.6) is 0 Å². The summed E-state index contributed by atoms with van der Waals surface area (Å²) in [5, 5.41) is 0. The molecule has 0 saturated carbocycles. The third-order valence-electron chi connectivity index (χ3n) is 1.26. The number of rotatable bonds is 1. The van der Waals surface area contributed by atoms with E-state index >= 15 is 0 Å². The average molecular weight is 172 g/mol. The van der Waals surface area contributed by atoms with Crippen molar-refractivity contribution in [3.63, 3.8) is 0 Å². The highest BCUT2D eigenvalue weighted by Crippen LogP contribution is 2.17. The molecule has 0 spiro atoms. The number of alkyl halides is 3. The fraction of sp³-hybridized carbons (Fsp3) is 0.111. The maximum Gasteiger partial charge on any atom is 0.409 e. The van der Waals surface area contributed by atoms with E-state index in [1.165, 1.54) is 0 Å². The minimum Gasteiger partial charge on any atom is -0.167 e. The molecule has 0 atom stereocenters. The highest BCUT2D eigenvalue weighted by atomic mass is 19.4. The third-order valence-corrected chi connectivity index (χ3v) is 1.26. The summed E-state index contributed by atoms with van der Waals surface area (Å²) in [5.41, 5.74) is 0.551. The van der Waals surface area contributed by atoms with Crippen molar-refractivity contribution < 1.29 is 13.2 Å². The molecular weight excluding hydrogens is 165 g/mol. The van der Waals surface area contributed by atoms with Gasteiger partial charge in [0.1, 0.15) is 0 Å². The van der Waals surface area contributed by atoms with Gasteiger partial charge in [-0.05, 0) is 5.56 Å². The van der Waals surface area contributed by atoms with E-state index < -0.39 is 6.18 Å². The van der Waals surface area contributed by atoms with E-state index in [4.69, 9.17) is 0 Å². The molecule has 0 amide bonds. The zero-order valence-corrected chi connectivity index (χ0v) is 6.18. The lowest BCUT2D eigenvalue weighted by Gasteiger charge is -1.96. The quantitative estimate of drug-likeness (QED) is 0.609. The van der Waals surface area contributed by atoms with Gasteiger partial charge in [-0.3, -0.25) is 0 Å². The number of allylic oxidation sites excluding steroid dienone is 1. The van der Waals surface area contributed by atoms with Crippen molar-refractivity contribution in [3.05, 3.63) is 42.0 Å². The molecule has 1 rings (SSSR count). The van der Waals surface area contributed by atoms with Gasteiger partial charge in [0.15, 0.2) is 0 Å². The van der Waals surface area contributed by atoms with E-state index in [0.717, 1.165) is 6.08 Å². The summed E-state index contributed by atoms with van der Waals surface area (Å²) in [6.45, 7) is 0. The first-order chi connectivity index (χ1) is 5.58. The summed E-state index contributed by atoms with van der Waals surface area (Å²) in [6.07, 6.45) is -2.96. The van der Waals surface area contributed by atoms with E-state index in [-0.39, 0.29) is 6.08 Å². The van der Waals surface area contributed by atoms with Crippen LogP contribution < -0.4 is 0 Å². The number of hydrogen-bond acceptors (Lipinski definition) is 0. The highest BCUT2D eigenvalue weighted by Gasteiger charge is 2.21. The normalized spacial score (nSPS) is 12.2. The van der Waals surface area contributed by atoms with Crippen LogP contribution >= 0.6 is 0 Å². The van der Waals surface area contributed by atoms with Gasteiger partial charge in [0, 0.05) is 6.08 Å². The summed E-state index contributed by atoms with van der Waals surface area (Å²) in [7, 11) is 0. The molecule has 0 heterocycles. The van der Waals surface area contributed by atoms with Crippen LogP contribution in [0.1, 0.15) is 5.56 Å². The lowest BCUT2D eigenvalue weighted by atomic mass is 10.2. The molecule has 1 aromatic carbocycles. The van der Waals surface area contributed by atoms with Gasteiger partial charge in [0.05, 0.1) is 0 Å². The van der Waals surface area contributed by atoms with Crippen LogP contribution in [0, 0.1) is 0 Å². The van der Waals surface area contributed by atoms with Crippen LogP contribution in [0.15, 0.2) is 36.4 Å². The summed E-state index contributed by atoms with van der Waals surface area (Å²) < 4.78 is 35.0. The summed E-state index contributed by atoms with van der Waals surface area (Å²) >= 11 is 0. The van der Waals surface area contributed by atoms with Crippen molar-refractivity contribution in [1.82, 2.24) is 0 Å². The molecule has 0 unspecified atom stereocenters. The fourth-order valence-electron chi connectivity index (χ4n) is 0.755. The van der Waals surface area contributed by atoms with Crippen LogP contribution in [-0.2, 0) is 0 Å². The first-order valence-electron chi connectivity index (χ1n) is 3.39. The second-order valence-corrected chi connectivity index (χ2v) is 2.29. The van der Waals surface area contributed by atoms with Gasteiger partial charge < -0.3 is 0 Å². The molecule has 0 bridgehead atoms. The van der Waals surface area contributed by atoms with Gasteiger partial charge in [-0.25, -0.2) is 0 Å². The Kier molecular flexibility index (Phi) is 2.53. The predicted octanol–water partition coefficient (Wildman–Crippen LogP) is 3.26. The molecule has 0 N–H and O–H groups in total. The molecule has 0 saturated heterocycles. The topological polar surface area (TPSA) is 0 Å². The Bertz CT molecular complexity index is 259. The Hall–Kier alpha value is -1.25. The molecule has 0 aromatic heterocycles. The molecule has 0 aliphatic carbocycles. The summed E-state index contributed by atoms with van der Waals surface area (Å²) in [5.74, 6) is 0. The number of benzene rings is 1. The monoisotopic (exact) mass is 172 g/mol. The smallest absolute Gasteiger partial charge is 0.167 e. The van der Waals surface area contributed by atoms with Gasteiger partial charge in [-0.1, -0.05) is 36.4 Å². The van der Waals surface area contributed by atoms with Crippen LogP contribution in [0.4, 0.5) is 13.2 Å². The first kappa shape index (κ1) is 8.84. The second-order valence-electron chi connectivity index (χ2n) is 2.29. The summed E-state index contributed by atoms with van der Waals surface area (Å²) in [4.78, 5) is 0. The Balaban J connectivity index is 2.71. The van der Waals surface area contributed by atoms with E-state index in [1.807, 2.05) is 0 Å². The van der Waals surface area contributed by atoms with Gasteiger partial charge in [0.25, 0.3) is 0 Å². The third kappa shape index (κ3) is 3.23. The van der Waals surface area contributed by atoms with Gasteiger partial charge in [-0.15, -0.1) is 0 Å². The van der Waals surface area contributed by atoms with E-state index in [0.29, 0.717) is 5.56 Å². The second kappa shape index (κ2) is 3.43. The molecule has 0 fully saturated rings. The zero-order chi connectivity index (χ0) is 9.03. The van der Waals surface area contributed by atoms with Gasteiger partial charge in [-0.2, -0.15) is 13.2 Å². The predicted molar refractivity (Wildman–Crippen MR) is 41.5 cm³/mol. The van der Waals surface area contributed by atoms with Crippen molar-refractivity contribution in [3.8, 4) is 0 Å². The maximum atomic E-state index is 11.7. The molecule has 64 valence electrons. The minimum absolute atomic E-state index is 0.225. The van der Waals surface area contributed by atoms with Crippen molar-refractivity contribution in [2.75, 3.05) is 0 Å². The SMILES string of the molecule is FC(F)(F)C=Cc1ccccc1. The van der Waals surface area contributed by atoms with Gasteiger partial charge >= 0.3 is 6.18 Å². The van der Waals surface area contributed by atoms with Crippen LogP contribution in [0.2, 0.25) is 0 Å². The highest BCUT2D eigenvalue weighted by molar-refractivity contribution is 5.49. The van der Waals surface area contributed by atoms with E-state index in [2.05, 4.69) is 0 Å². The molecule has 0 aliphatic rings. The Morgan fingerprint density at radius 3 is 2.08 bits per heavy atom. The first-order valence-corrected chi connectivity index (χ1v) is 3.39. The fourth-order valence-corrected chi connectivity index (χ4v) is 0.755. The molecule has 1 aromatic rings. The number of halogens is 3. The standard InChI is InChI=1S/C9H7F3/c10-9(11,12)7-6-8-4-2-1-3-5-8/h1-7H. The van der Waals surface area contributed by atoms with E-state index in [1.54, 1.807) is 30.3 Å². The number of hydrogen-bond donors (Lipinski definition) is 0. The van der Waals surface area contributed by atoms with Crippen LogP contribution in [0.3, 0.4) is 0 Å².